The Balaban J connectivity index is 0.00000481. The van der Waals surface area contributed by atoms with Crippen molar-refractivity contribution in [3.63, 3.8) is 0 Å². The van der Waals surface area contributed by atoms with Crippen LogP contribution in [0.2, 0.25) is 0 Å². The first-order valence-electron chi connectivity index (χ1n) is 11.6. The molecule has 10 nitrogen and oxygen atoms in total. The topological polar surface area (TPSA) is 114 Å². The second-order valence-electron chi connectivity index (χ2n) is 8.19. The third-order valence-electron chi connectivity index (χ3n) is 6.04. The average Bonchev–Trinajstić information content (AvgIpc) is 3.24. The zero-order valence-electron chi connectivity index (χ0n) is 21.4. The number of benzene rings is 1. The van der Waals surface area contributed by atoms with Gasteiger partial charge >= 0.3 is 5.97 Å². The van der Waals surface area contributed by atoms with Crippen LogP contribution in [0.3, 0.4) is 0 Å². The van der Waals surface area contributed by atoms with E-state index in [2.05, 4.69) is 17.1 Å². The molecule has 0 fully saturated rings. The normalized spacial score (nSPS) is 13.6. The Morgan fingerprint density at radius 1 is 1.08 bits per heavy atom. The highest BCUT2D eigenvalue weighted by molar-refractivity contribution is 7.89. The molecule has 1 aliphatic heterocycles. The molecule has 3 rings (SSSR count). The third-order valence-corrected chi connectivity index (χ3v) is 9.09. The molecule has 0 saturated carbocycles. The Morgan fingerprint density at radius 2 is 1.70 bits per heavy atom. The first-order valence-corrected chi connectivity index (χ1v) is 13.9. The molecular weight excluding hydrogens is 542 g/mol. The van der Waals surface area contributed by atoms with Crippen molar-refractivity contribution in [1.29, 1.82) is 0 Å². The van der Waals surface area contributed by atoms with Gasteiger partial charge in [0.25, 0.3) is 5.91 Å². The number of thiophene rings is 1. The number of ether oxygens (including phenoxy) is 3. The molecule has 13 heteroatoms. The summed E-state index contributed by atoms with van der Waals surface area (Å²) < 4.78 is 42.5. The van der Waals surface area contributed by atoms with E-state index in [1.54, 1.807) is 0 Å². The second kappa shape index (κ2) is 14.2. The first kappa shape index (κ1) is 31.2. The largest absolute Gasteiger partial charge is 0.465 e. The number of carbonyl (C=O) groups excluding carboxylic acids is 2. The van der Waals surface area contributed by atoms with E-state index in [1.165, 1.54) is 61.2 Å². The molecule has 0 atom stereocenters. The van der Waals surface area contributed by atoms with E-state index in [-0.39, 0.29) is 49.2 Å². The second-order valence-corrected chi connectivity index (χ2v) is 11.2. The monoisotopic (exact) mass is 575 g/mol. The lowest BCUT2D eigenvalue weighted by Crippen LogP contribution is -2.36. The van der Waals surface area contributed by atoms with Gasteiger partial charge < -0.3 is 19.5 Å². The highest BCUT2D eigenvalue weighted by Crippen LogP contribution is 2.37. The fraction of sp³-hybridized carbons (Fsp3) is 0.500. The van der Waals surface area contributed by atoms with Crippen LogP contribution >= 0.6 is 23.7 Å². The van der Waals surface area contributed by atoms with Gasteiger partial charge in [-0.15, -0.1) is 23.7 Å². The number of hydrogen-bond acceptors (Lipinski definition) is 9. The zero-order chi connectivity index (χ0) is 26.3. The van der Waals surface area contributed by atoms with Crippen LogP contribution in [0.15, 0.2) is 29.2 Å². The van der Waals surface area contributed by atoms with Gasteiger partial charge in [0.05, 0.1) is 30.8 Å². The number of esters is 1. The van der Waals surface area contributed by atoms with Gasteiger partial charge in [0.2, 0.25) is 10.0 Å². The van der Waals surface area contributed by atoms with Gasteiger partial charge in [-0.3, -0.25) is 9.69 Å². The minimum absolute atomic E-state index is 0. The van der Waals surface area contributed by atoms with Crippen LogP contribution in [0.25, 0.3) is 0 Å². The number of methoxy groups -OCH3 is 3. The molecule has 1 N–H and O–H groups in total. The molecule has 1 aromatic heterocycles. The van der Waals surface area contributed by atoms with Crippen molar-refractivity contribution in [2.24, 2.45) is 0 Å². The molecule has 1 amide bonds. The molecule has 0 aliphatic carbocycles. The number of nitrogens with zero attached hydrogens (tertiary/aromatic N) is 2. The molecule has 2 heterocycles. The van der Waals surface area contributed by atoms with E-state index in [9.17, 15) is 18.0 Å². The van der Waals surface area contributed by atoms with Crippen LogP contribution in [-0.4, -0.2) is 90.2 Å². The fourth-order valence-electron chi connectivity index (χ4n) is 3.97. The van der Waals surface area contributed by atoms with Crippen molar-refractivity contribution >= 4 is 50.6 Å². The molecule has 2 aromatic rings. The predicted molar refractivity (Wildman–Crippen MR) is 144 cm³/mol. The number of likely N-dealkylation sites (N-methyl/N-ethyl adjacent to an activating group) is 1. The summed E-state index contributed by atoms with van der Waals surface area (Å²) in [5.74, 6) is -0.924. The molecular formula is C24H34ClN3O7S2. The molecule has 1 aliphatic rings. The van der Waals surface area contributed by atoms with Gasteiger partial charge in [-0.25, -0.2) is 13.2 Å². The molecule has 1 aromatic carbocycles. The van der Waals surface area contributed by atoms with Gasteiger partial charge in [-0.05, 0) is 42.8 Å². The highest BCUT2D eigenvalue weighted by Gasteiger charge is 2.29. The van der Waals surface area contributed by atoms with Gasteiger partial charge in [-0.1, -0.05) is 6.92 Å². The Hall–Kier alpha value is -2.06. The van der Waals surface area contributed by atoms with Crippen molar-refractivity contribution in [2.45, 2.75) is 24.8 Å². The lowest BCUT2D eigenvalue weighted by Gasteiger charge is -2.25. The summed E-state index contributed by atoms with van der Waals surface area (Å²) in [6, 6.07) is 5.71. The number of carbonyl (C=O) groups is 2. The third kappa shape index (κ3) is 7.29. The first-order chi connectivity index (χ1) is 17.3. The number of fused-ring (bicyclic) bond motifs is 1. The maximum Gasteiger partial charge on any atom is 0.341 e. The number of hydrogen-bond donors (Lipinski definition) is 1. The van der Waals surface area contributed by atoms with Crippen LogP contribution < -0.4 is 5.32 Å². The van der Waals surface area contributed by atoms with Crippen molar-refractivity contribution in [3.05, 3.63) is 45.8 Å². The van der Waals surface area contributed by atoms with Crippen molar-refractivity contribution in [3.8, 4) is 0 Å². The van der Waals surface area contributed by atoms with Crippen molar-refractivity contribution in [2.75, 3.05) is 66.0 Å². The lowest BCUT2D eigenvalue weighted by molar-refractivity contribution is 0.0600. The fourth-order valence-corrected chi connectivity index (χ4v) is 6.65. The van der Waals surface area contributed by atoms with E-state index in [0.29, 0.717) is 23.5 Å². The average molecular weight is 576 g/mol. The van der Waals surface area contributed by atoms with E-state index in [4.69, 9.17) is 14.2 Å². The Morgan fingerprint density at radius 3 is 2.24 bits per heavy atom. The maximum absolute atomic E-state index is 13.1. The molecule has 0 saturated heterocycles. The van der Waals surface area contributed by atoms with Gasteiger partial charge in [-0.2, -0.15) is 4.31 Å². The Labute approximate surface area is 228 Å². The number of sulfonamides is 1. The Bertz CT molecular complexity index is 1160. The van der Waals surface area contributed by atoms with Crippen LogP contribution in [0.4, 0.5) is 5.00 Å². The molecule has 0 radical (unpaired) electrons. The van der Waals surface area contributed by atoms with Gasteiger partial charge in [0.15, 0.2) is 0 Å². The molecule has 0 spiro atoms. The SMILES string of the molecule is CCN1CCc2c(sc(NC(=O)c3ccc(S(=O)(=O)N(CCOC)CCOC)cc3)c2C(=O)OC)C1.Cl. The summed E-state index contributed by atoms with van der Waals surface area (Å²) in [5.41, 5.74) is 1.58. The molecule has 37 heavy (non-hydrogen) atoms. The number of anilines is 1. The summed E-state index contributed by atoms with van der Waals surface area (Å²) in [7, 11) is 0.528. The minimum atomic E-state index is -3.80. The predicted octanol–water partition coefficient (Wildman–Crippen LogP) is 2.87. The molecule has 206 valence electrons. The summed E-state index contributed by atoms with van der Waals surface area (Å²) >= 11 is 1.37. The number of halogens is 1. The summed E-state index contributed by atoms with van der Waals surface area (Å²) in [6.45, 7) is 5.37. The number of nitrogens with one attached hydrogen (secondary N) is 1. The maximum atomic E-state index is 13.1. The summed E-state index contributed by atoms with van der Waals surface area (Å²) in [6.07, 6.45) is 0.704. The van der Waals surface area contributed by atoms with E-state index in [1.807, 2.05) is 0 Å². The van der Waals surface area contributed by atoms with Crippen LogP contribution in [0.5, 0.6) is 0 Å². The smallest absolute Gasteiger partial charge is 0.341 e. The van der Waals surface area contributed by atoms with Crippen molar-refractivity contribution < 1.29 is 32.2 Å². The van der Waals surface area contributed by atoms with Crippen LogP contribution in [0.1, 0.15) is 38.1 Å². The minimum Gasteiger partial charge on any atom is -0.465 e. The summed E-state index contributed by atoms with van der Waals surface area (Å²) in [5, 5.41) is 3.28. The van der Waals surface area contributed by atoms with Gasteiger partial charge in [0, 0.05) is 50.8 Å². The van der Waals surface area contributed by atoms with E-state index >= 15 is 0 Å². The highest BCUT2D eigenvalue weighted by atomic mass is 35.5. The number of amides is 1. The van der Waals surface area contributed by atoms with Crippen LogP contribution in [0, 0.1) is 0 Å². The Kier molecular flexibility index (Phi) is 12.0. The van der Waals surface area contributed by atoms with E-state index in [0.717, 1.165) is 23.5 Å². The standard InChI is InChI=1S/C24H33N3O7S2.ClH/c1-5-26-11-10-19-20(16-26)35-23(21(19)24(29)34-4)25-22(28)17-6-8-18(9-7-17)36(30,31)27(12-14-32-2)13-15-33-3;/h6-9H,5,10-16H2,1-4H3,(H,25,28);1H. The number of rotatable bonds is 12. The molecule has 0 unspecified atom stereocenters. The quantitative estimate of drug-likeness (QED) is 0.384. The van der Waals surface area contributed by atoms with Gasteiger partial charge in [0.1, 0.15) is 5.00 Å². The zero-order valence-corrected chi connectivity index (χ0v) is 23.9. The lowest BCUT2D eigenvalue weighted by atomic mass is 10.0. The van der Waals surface area contributed by atoms with Crippen molar-refractivity contribution in [1.82, 2.24) is 9.21 Å². The van der Waals surface area contributed by atoms with E-state index < -0.39 is 21.9 Å². The van der Waals surface area contributed by atoms with Crippen LogP contribution in [-0.2, 0) is 37.2 Å². The summed E-state index contributed by atoms with van der Waals surface area (Å²) in [4.78, 5) is 28.9. The molecule has 0 bridgehead atoms.